The summed E-state index contributed by atoms with van der Waals surface area (Å²) in [5.74, 6) is 1.21. The number of carbonyl (C=O) groups excluding carboxylic acids is 2. The highest BCUT2D eigenvalue weighted by molar-refractivity contribution is 7.99. The van der Waals surface area contributed by atoms with Crippen molar-refractivity contribution in [3.8, 4) is 0 Å². The zero-order chi connectivity index (χ0) is 19.4. The second kappa shape index (κ2) is 8.53. The summed E-state index contributed by atoms with van der Waals surface area (Å²) in [6, 6.07) is 1.32. The quantitative estimate of drug-likeness (QED) is 0.748. The van der Waals surface area contributed by atoms with E-state index in [4.69, 9.17) is 4.74 Å². The van der Waals surface area contributed by atoms with E-state index in [0.29, 0.717) is 39.0 Å². The average Bonchev–Trinajstić information content (AvgIpc) is 3.20. The van der Waals surface area contributed by atoms with Crippen LogP contribution in [0.25, 0.3) is 0 Å². The van der Waals surface area contributed by atoms with Crippen LogP contribution in [-0.2, 0) is 14.8 Å². The van der Waals surface area contributed by atoms with Gasteiger partial charge in [0.2, 0.25) is 10.0 Å². The van der Waals surface area contributed by atoms with Crippen LogP contribution < -0.4 is 5.32 Å². The van der Waals surface area contributed by atoms with Crippen LogP contribution in [0.5, 0.6) is 0 Å². The first-order valence-corrected chi connectivity index (χ1v) is 11.4. The molecule has 0 aromatic carbocycles. The Morgan fingerprint density at radius 3 is 2.52 bits per heavy atom. The van der Waals surface area contributed by atoms with E-state index in [1.807, 2.05) is 0 Å². The zero-order valence-electron chi connectivity index (χ0n) is 15.1. The number of carbonyl (C=O) groups is 2. The molecule has 9 nitrogen and oxygen atoms in total. The monoisotopic (exact) mass is 416 g/mol. The summed E-state index contributed by atoms with van der Waals surface area (Å²) in [7, 11) is -2.23. The van der Waals surface area contributed by atoms with Crippen LogP contribution in [0.2, 0.25) is 0 Å². The first kappa shape index (κ1) is 20.0. The van der Waals surface area contributed by atoms with Crippen LogP contribution in [0.15, 0.2) is 17.2 Å². The van der Waals surface area contributed by atoms with Gasteiger partial charge in [0, 0.05) is 49.9 Å². The van der Waals surface area contributed by atoms with Gasteiger partial charge >= 0.3 is 6.09 Å². The maximum Gasteiger partial charge on any atom is 0.409 e. The first-order chi connectivity index (χ1) is 12.9. The van der Waals surface area contributed by atoms with E-state index in [9.17, 15) is 18.0 Å². The third kappa shape index (κ3) is 4.58. The molecule has 3 heterocycles. The minimum Gasteiger partial charge on any atom is -0.453 e. The number of H-pyrrole nitrogens is 1. The zero-order valence-corrected chi connectivity index (χ0v) is 16.8. The Hall–Kier alpha value is -1.72. The molecule has 1 aromatic rings. The summed E-state index contributed by atoms with van der Waals surface area (Å²) in [5.41, 5.74) is 0.218. The molecular formula is C16H24N4O5S2. The number of likely N-dealkylation sites (tertiary alicyclic amines) is 1. The van der Waals surface area contributed by atoms with Gasteiger partial charge in [0.25, 0.3) is 5.91 Å². The van der Waals surface area contributed by atoms with Gasteiger partial charge in [-0.3, -0.25) is 4.79 Å². The second-order valence-corrected chi connectivity index (χ2v) is 9.63. The Morgan fingerprint density at radius 1 is 1.22 bits per heavy atom. The Bertz CT molecular complexity index is 780. The van der Waals surface area contributed by atoms with E-state index >= 15 is 0 Å². The topological polar surface area (TPSA) is 112 Å². The second-order valence-electron chi connectivity index (χ2n) is 6.47. The molecule has 2 fully saturated rings. The summed E-state index contributed by atoms with van der Waals surface area (Å²) in [6.45, 7) is 1.99. The molecule has 1 aromatic heterocycles. The number of aromatic amines is 1. The molecule has 0 bridgehead atoms. The molecule has 27 heavy (non-hydrogen) atoms. The lowest BCUT2D eigenvalue weighted by Gasteiger charge is -2.31. The van der Waals surface area contributed by atoms with Crippen molar-refractivity contribution < 1.29 is 22.7 Å². The van der Waals surface area contributed by atoms with E-state index in [-0.39, 0.29) is 28.6 Å². The van der Waals surface area contributed by atoms with E-state index < -0.39 is 10.0 Å². The maximum atomic E-state index is 12.7. The molecular weight excluding hydrogens is 392 g/mol. The summed E-state index contributed by atoms with van der Waals surface area (Å²) in [4.78, 5) is 28.4. The van der Waals surface area contributed by atoms with Crippen LogP contribution in [0, 0.1) is 0 Å². The Labute approximate surface area is 162 Å². The standard InChI is InChI=1S/C16H24N4O5S2/c1-25-16(22)19-4-2-12(3-5-19)18-15(21)14-10-13(11-17-14)27(23,24)20-6-8-26-9-7-20/h10-12,17H,2-9H2,1H3,(H,18,21). The molecule has 2 aliphatic rings. The number of aromatic nitrogens is 1. The van der Waals surface area contributed by atoms with Gasteiger partial charge in [-0.15, -0.1) is 0 Å². The molecule has 2 N–H and O–H groups in total. The SMILES string of the molecule is COC(=O)N1CCC(NC(=O)c2cc(S(=O)(=O)N3CCSCC3)c[nH]2)CC1. The van der Waals surface area contributed by atoms with Crippen molar-refractivity contribution in [2.75, 3.05) is 44.8 Å². The molecule has 0 spiro atoms. The number of amides is 2. The van der Waals surface area contributed by atoms with Crippen molar-refractivity contribution in [1.29, 1.82) is 0 Å². The lowest BCUT2D eigenvalue weighted by Crippen LogP contribution is -2.46. The Kier molecular flexibility index (Phi) is 6.33. The first-order valence-electron chi connectivity index (χ1n) is 8.82. The third-order valence-electron chi connectivity index (χ3n) is 4.77. The summed E-state index contributed by atoms with van der Waals surface area (Å²) < 4.78 is 31.5. The molecule has 0 atom stereocenters. The molecule has 150 valence electrons. The van der Waals surface area contributed by atoms with Gasteiger partial charge < -0.3 is 19.9 Å². The molecule has 0 saturated carbocycles. The van der Waals surface area contributed by atoms with Gasteiger partial charge in [0.15, 0.2) is 0 Å². The molecule has 0 aliphatic carbocycles. The van der Waals surface area contributed by atoms with Crippen molar-refractivity contribution >= 4 is 33.8 Å². The number of ether oxygens (including phenoxy) is 1. The summed E-state index contributed by atoms with van der Waals surface area (Å²) in [6.07, 6.45) is 2.25. The molecule has 2 saturated heterocycles. The van der Waals surface area contributed by atoms with Crippen LogP contribution in [0.1, 0.15) is 23.3 Å². The number of nitrogens with zero attached hydrogens (tertiary/aromatic N) is 2. The highest BCUT2D eigenvalue weighted by Crippen LogP contribution is 2.21. The van der Waals surface area contributed by atoms with E-state index in [0.717, 1.165) is 11.5 Å². The molecule has 3 rings (SSSR count). The van der Waals surface area contributed by atoms with Crippen molar-refractivity contribution in [2.24, 2.45) is 0 Å². The molecule has 11 heteroatoms. The third-order valence-corrected chi connectivity index (χ3v) is 7.59. The van der Waals surface area contributed by atoms with E-state index in [1.165, 1.54) is 23.7 Å². The van der Waals surface area contributed by atoms with Crippen LogP contribution in [-0.4, -0.2) is 85.4 Å². The number of hydrogen-bond donors (Lipinski definition) is 2. The lowest BCUT2D eigenvalue weighted by molar-refractivity contribution is 0.0888. The van der Waals surface area contributed by atoms with Crippen molar-refractivity contribution in [2.45, 2.75) is 23.8 Å². The fraction of sp³-hybridized carbons (Fsp3) is 0.625. The minimum absolute atomic E-state index is 0.0686. The lowest BCUT2D eigenvalue weighted by atomic mass is 10.1. The molecule has 2 aliphatic heterocycles. The highest BCUT2D eigenvalue weighted by Gasteiger charge is 2.29. The molecule has 0 unspecified atom stereocenters. The number of thioether (sulfide) groups is 1. The summed E-state index contributed by atoms with van der Waals surface area (Å²) in [5, 5.41) is 2.90. The van der Waals surface area contributed by atoms with Crippen molar-refractivity contribution in [1.82, 2.24) is 19.5 Å². The summed E-state index contributed by atoms with van der Waals surface area (Å²) >= 11 is 1.73. The largest absolute Gasteiger partial charge is 0.453 e. The van der Waals surface area contributed by atoms with Gasteiger partial charge in [0.05, 0.1) is 7.11 Å². The Morgan fingerprint density at radius 2 is 1.89 bits per heavy atom. The number of nitrogens with one attached hydrogen (secondary N) is 2. The van der Waals surface area contributed by atoms with Gasteiger partial charge in [-0.2, -0.15) is 16.1 Å². The minimum atomic E-state index is -3.58. The van der Waals surface area contributed by atoms with Gasteiger partial charge in [-0.25, -0.2) is 13.2 Å². The smallest absolute Gasteiger partial charge is 0.409 e. The highest BCUT2D eigenvalue weighted by atomic mass is 32.2. The van der Waals surface area contributed by atoms with Crippen molar-refractivity contribution in [3.63, 3.8) is 0 Å². The maximum absolute atomic E-state index is 12.7. The number of sulfonamides is 1. The fourth-order valence-electron chi connectivity index (χ4n) is 3.19. The predicted octanol–water partition coefficient (Wildman–Crippen LogP) is 0.713. The van der Waals surface area contributed by atoms with Crippen LogP contribution >= 0.6 is 11.8 Å². The average molecular weight is 417 g/mol. The normalized spacial score (nSPS) is 19.7. The van der Waals surface area contributed by atoms with E-state index in [1.54, 1.807) is 16.7 Å². The number of methoxy groups -OCH3 is 1. The molecule has 2 amide bonds. The van der Waals surface area contributed by atoms with Crippen LogP contribution in [0.3, 0.4) is 0 Å². The van der Waals surface area contributed by atoms with Crippen molar-refractivity contribution in [3.05, 3.63) is 18.0 Å². The van der Waals surface area contributed by atoms with Crippen LogP contribution in [0.4, 0.5) is 4.79 Å². The number of rotatable bonds is 4. The number of hydrogen-bond acceptors (Lipinski definition) is 6. The van der Waals surface area contributed by atoms with Gasteiger partial charge in [-0.1, -0.05) is 0 Å². The predicted molar refractivity (Wildman–Crippen MR) is 101 cm³/mol. The van der Waals surface area contributed by atoms with Gasteiger partial charge in [-0.05, 0) is 18.9 Å². The number of piperidine rings is 1. The van der Waals surface area contributed by atoms with Gasteiger partial charge in [0.1, 0.15) is 10.6 Å². The van der Waals surface area contributed by atoms with E-state index in [2.05, 4.69) is 10.3 Å². The molecule has 0 radical (unpaired) electrons. The fourth-order valence-corrected chi connectivity index (χ4v) is 5.76. The Balaban J connectivity index is 1.58.